The Morgan fingerprint density at radius 2 is 1.90 bits per heavy atom. The number of rotatable bonds is 6. The predicted octanol–water partition coefficient (Wildman–Crippen LogP) is 1.34. The largest absolute Gasteiger partial charge is 0.335 e. The fourth-order valence-corrected chi connectivity index (χ4v) is 4.27. The molecule has 0 unspecified atom stereocenters. The molecule has 1 aliphatic heterocycles. The summed E-state index contributed by atoms with van der Waals surface area (Å²) in [5.74, 6) is 0. The van der Waals surface area contributed by atoms with E-state index >= 15 is 0 Å². The summed E-state index contributed by atoms with van der Waals surface area (Å²) in [5.41, 5.74) is 0. The molecular formula is C13H19Cl2N2O2S+. The lowest BCUT2D eigenvalue weighted by atomic mass is 10.4. The lowest BCUT2D eigenvalue weighted by molar-refractivity contribution is -0.887. The lowest BCUT2D eigenvalue weighted by Crippen LogP contribution is -3.10. The number of hydrogen-bond donors (Lipinski definition) is 2. The maximum Gasteiger partial charge on any atom is 0.242 e. The molecule has 1 heterocycles. The van der Waals surface area contributed by atoms with Crippen molar-refractivity contribution < 1.29 is 13.3 Å². The third kappa shape index (κ3) is 4.33. The average Bonchev–Trinajstić information content (AvgIpc) is 2.90. The van der Waals surface area contributed by atoms with Crippen molar-refractivity contribution >= 4 is 33.2 Å². The summed E-state index contributed by atoms with van der Waals surface area (Å²) < 4.78 is 26.9. The quantitative estimate of drug-likeness (QED) is 0.769. The first-order chi connectivity index (χ1) is 9.49. The lowest BCUT2D eigenvalue weighted by Gasteiger charge is -2.12. The van der Waals surface area contributed by atoms with Crippen molar-refractivity contribution in [3.63, 3.8) is 0 Å². The molecule has 0 saturated carbocycles. The van der Waals surface area contributed by atoms with Crippen molar-refractivity contribution in [2.24, 2.45) is 0 Å². The third-order valence-corrected chi connectivity index (χ3v) is 5.67. The maximum absolute atomic E-state index is 12.1. The van der Waals surface area contributed by atoms with Gasteiger partial charge in [0.2, 0.25) is 10.0 Å². The van der Waals surface area contributed by atoms with Gasteiger partial charge in [-0.2, -0.15) is 0 Å². The average molecular weight is 338 g/mol. The molecule has 7 heteroatoms. The van der Waals surface area contributed by atoms with Gasteiger partial charge in [0.1, 0.15) is 4.90 Å². The molecule has 1 aromatic carbocycles. The zero-order valence-corrected chi connectivity index (χ0v) is 13.5. The van der Waals surface area contributed by atoms with E-state index in [9.17, 15) is 8.42 Å². The highest BCUT2D eigenvalue weighted by atomic mass is 35.5. The minimum absolute atomic E-state index is 0.0418. The van der Waals surface area contributed by atoms with Crippen molar-refractivity contribution in [3.8, 4) is 0 Å². The topological polar surface area (TPSA) is 50.6 Å². The van der Waals surface area contributed by atoms with Crippen molar-refractivity contribution in [2.45, 2.75) is 24.2 Å². The van der Waals surface area contributed by atoms with E-state index in [2.05, 4.69) is 4.72 Å². The Kier molecular flexibility index (Phi) is 5.69. The molecule has 0 atom stereocenters. The molecule has 2 rings (SSSR count). The van der Waals surface area contributed by atoms with Crippen LogP contribution in [0, 0.1) is 0 Å². The van der Waals surface area contributed by atoms with Gasteiger partial charge in [-0.15, -0.1) is 0 Å². The van der Waals surface area contributed by atoms with E-state index in [1.807, 2.05) is 0 Å². The first-order valence-corrected chi connectivity index (χ1v) is 9.01. The first-order valence-electron chi connectivity index (χ1n) is 6.77. The van der Waals surface area contributed by atoms with E-state index in [0.717, 1.165) is 13.0 Å². The van der Waals surface area contributed by atoms with Crippen LogP contribution in [0.15, 0.2) is 23.1 Å². The summed E-state index contributed by atoms with van der Waals surface area (Å²) >= 11 is 11.7. The predicted molar refractivity (Wildman–Crippen MR) is 81.1 cm³/mol. The molecule has 1 saturated heterocycles. The minimum Gasteiger partial charge on any atom is -0.335 e. The fraction of sp³-hybridized carbons (Fsp3) is 0.538. The minimum atomic E-state index is -3.58. The van der Waals surface area contributed by atoms with Gasteiger partial charge in [-0.1, -0.05) is 23.2 Å². The Morgan fingerprint density at radius 1 is 1.20 bits per heavy atom. The van der Waals surface area contributed by atoms with Crippen LogP contribution in [0.1, 0.15) is 19.3 Å². The molecule has 1 aromatic rings. The molecule has 0 radical (unpaired) electrons. The molecule has 0 aliphatic carbocycles. The molecule has 2 N–H and O–H groups in total. The van der Waals surface area contributed by atoms with Crippen LogP contribution in [-0.2, 0) is 10.0 Å². The zero-order chi connectivity index (χ0) is 14.6. The second-order valence-corrected chi connectivity index (χ2v) is 7.61. The monoisotopic (exact) mass is 337 g/mol. The van der Waals surface area contributed by atoms with Gasteiger partial charge in [-0.25, -0.2) is 13.1 Å². The second-order valence-electron chi connectivity index (χ2n) is 5.03. The van der Waals surface area contributed by atoms with Gasteiger partial charge < -0.3 is 4.90 Å². The van der Waals surface area contributed by atoms with Crippen molar-refractivity contribution in [2.75, 3.05) is 26.2 Å². The molecule has 0 aromatic heterocycles. The molecule has 112 valence electrons. The molecular weight excluding hydrogens is 319 g/mol. The van der Waals surface area contributed by atoms with Crippen LogP contribution in [0.25, 0.3) is 0 Å². The number of hydrogen-bond acceptors (Lipinski definition) is 2. The van der Waals surface area contributed by atoms with Gasteiger partial charge in [-0.3, -0.25) is 0 Å². The van der Waals surface area contributed by atoms with Gasteiger partial charge in [0.15, 0.2) is 0 Å². The smallest absolute Gasteiger partial charge is 0.242 e. The Balaban J connectivity index is 1.88. The number of benzene rings is 1. The zero-order valence-electron chi connectivity index (χ0n) is 11.2. The Labute approximate surface area is 130 Å². The van der Waals surface area contributed by atoms with Gasteiger partial charge in [0.05, 0.1) is 24.7 Å². The highest BCUT2D eigenvalue weighted by Crippen LogP contribution is 2.24. The van der Waals surface area contributed by atoms with Gasteiger partial charge in [-0.05, 0) is 18.2 Å². The van der Waals surface area contributed by atoms with Crippen LogP contribution in [0.3, 0.4) is 0 Å². The van der Waals surface area contributed by atoms with Gasteiger partial charge >= 0.3 is 0 Å². The van der Waals surface area contributed by atoms with Gasteiger partial charge in [0, 0.05) is 30.8 Å². The highest BCUT2D eigenvalue weighted by molar-refractivity contribution is 7.89. The number of sulfonamides is 1. The fourth-order valence-electron chi connectivity index (χ4n) is 2.43. The van der Waals surface area contributed by atoms with Crippen LogP contribution in [-0.4, -0.2) is 34.6 Å². The summed E-state index contributed by atoms with van der Waals surface area (Å²) in [6.45, 7) is 3.83. The van der Waals surface area contributed by atoms with E-state index in [-0.39, 0.29) is 9.92 Å². The van der Waals surface area contributed by atoms with E-state index in [1.165, 1.54) is 38.1 Å². The number of quaternary nitrogens is 1. The number of nitrogens with one attached hydrogen (secondary N) is 2. The third-order valence-electron chi connectivity index (χ3n) is 3.49. The second kappa shape index (κ2) is 7.09. The van der Waals surface area contributed by atoms with Crippen molar-refractivity contribution in [3.05, 3.63) is 28.2 Å². The summed E-state index contributed by atoms with van der Waals surface area (Å²) in [5, 5.41) is 0.545. The van der Waals surface area contributed by atoms with Gasteiger partial charge in [0.25, 0.3) is 0 Å². The highest BCUT2D eigenvalue weighted by Gasteiger charge is 2.19. The van der Waals surface area contributed by atoms with Crippen LogP contribution in [0.5, 0.6) is 0 Å². The summed E-state index contributed by atoms with van der Waals surface area (Å²) in [4.78, 5) is 1.60. The Morgan fingerprint density at radius 3 is 2.60 bits per heavy atom. The summed E-state index contributed by atoms with van der Waals surface area (Å²) in [7, 11) is -3.58. The normalized spacial score (nSPS) is 16.7. The molecule has 0 bridgehead atoms. The van der Waals surface area contributed by atoms with Crippen LogP contribution in [0.2, 0.25) is 10.0 Å². The standard InChI is InChI=1S/C13H18Cl2N2O2S/c14-11-4-5-12(15)13(10-11)20(18,19)16-6-3-9-17-7-1-2-8-17/h4-5,10,16H,1-3,6-9H2/p+1. The SMILES string of the molecule is O=S(=O)(NCCC[NH+]1CCCC1)c1cc(Cl)ccc1Cl. The van der Waals surface area contributed by atoms with E-state index < -0.39 is 10.0 Å². The van der Waals surface area contributed by atoms with Crippen LogP contribution in [0.4, 0.5) is 0 Å². The molecule has 1 aliphatic rings. The summed E-state index contributed by atoms with van der Waals surface area (Å²) in [6.07, 6.45) is 3.38. The molecule has 0 spiro atoms. The van der Waals surface area contributed by atoms with Crippen molar-refractivity contribution in [1.82, 2.24) is 4.72 Å². The Bertz CT molecular complexity index is 557. The molecule has 20 heavy (non-hydrogen) atoms. The van der Waals surface area contributed by atoms with Crippen molar-refractivity contribution in [1.29, 1.82) is 0 Å². The van der Waals surface area contributed by atoms with E-state index in [0.29, 0.717) is 11.6 Å². The molecule has 1 fully saturated rings. The molecule has 0 amide bonds. The van der Waals surface area contributed by atoms with E-state index in [1.54, 1.807) is 11.0 Å². The van der Waals surface area contributed by atoms with Crippen LogP contribution < -0.4 is 9.62 Å². The first kappa shape index (κ1) is 16.0. The number of likely N-dealkylation sites (tertiary alicyclic amines) is 1. The number of halogens is 2. The van der Waals surface area contributed by atoms with Crippen LogP contribution >= 0.6 is 23.2 Å². The maximum atomic E-state index is 12.1. The summed E-state index contributed by atoms with van der Waals surface area (Å²) in [6, 6.07) is 4.43. The molecule has 4 nitrogen and oxygen atoms in total. The Hall–Kier alpha value is -0.330. The van der Waals surface area contributed by atoms with E-state index in [4.69, 9.17) is 23.2 Å².